The summed E-state index contributed by atoms with van der Waals surface area (Å²) in [4.78, 5) is 15.5. The van der Waals surface area contributed by atoms with Crippen LogP contribution in [0.1, 0.15) is 13.3 Å². The zero-order valence-electron chi connectivity index (χ0n) is 13.1. The van der Waals surface area contributed by atoms with E-state index in [4.69, 9.17) is 0 Å². The van der Waals surface area contributed by atoms with Crippen LogP contribution in [0, 0.1) is 15.5 Å². The van der Waals surface area contributed by atoms with Crippen LogP contribution in [0.15, 0.2) is 24.3 Å². The van der Waals surface area contributed by atoms with Gasteiger partial charge in [0.15, 0.2) is 0 Å². The Morgan fingerprint density at radius 2 is 2.00 bits per heavy atom. The zero-order valence-corrected chi connectivity index (χ0v) is 13.1. The number of hydrogen-bond donors (Lipinski definition) is 1. The van der Waals surface area contributed by atoms with E-state index in [0.717, 1.165) is 51.5 Å². The number of nitrogens with zero attached hydrogens (tertiary/aromatic N) is 3. The summed E-state index contributed by atoms with van der Waals surface area (Å²) in [6.45, 7) is 9.34. The fourth-order valence-electron chi connectivity index (χ4n) is 3.58. The maximum absolute atomic E-state index is 11.2. The molecule has 0 aromatic heterocycles. The van der Waals surface area contributed by atoms with Crippen LogP contribution in [0.5, 0.6) is 0 Å². The van der Waals surface area contributed by atoms with E-state index < -0.39 is 0 Å². The second-order valence-corrected chi connectivity index (χ2v) is 6.75. The average Bonchev–Trinajstić information content (AvgIpc) is 2.94. The van der Waals surface area contributed by atoms with Gasteiger partial charge in [-0.1, -0.05) is 19.1 Å². The number of rotatable bonds is 4. The van der Waals surface area contributed by atoms with Crippen molar-refractivity contribution in [1.82, 2.24) is 10.2 Å². The number of nitrogens with one attached hydrogen (secondary N) is 1. The predicted molar refractivity (Wildman–Crippen MR) is 87.3 cm³/mol. The molecule has 1 aromatic carbocycles. The molecular formula is C16H24N4O2. The second kappa shape index (κ2) is 6.22. The second-order valence-electron chi connectivity index (χ2n) is 6.75. The summed E-state index contributed by atoms with van der Waals surface area (Å²) in [5.74, 6) is 0. The van der Waals surface area contributed by atoms with Crippen LogP contribution in [0.25, 0.3) is 0 Å². The third-order valence-electron chi connectivity index (χ3n) is 4.85. The number of para-hydroxylation sites is 2. The van der Waals surface area contributed by atoms with Gasteiger partial charge in [-0.15, -0.1) is 0 Å². The minimum Gasteiger partial charge on any atom is -0.363 e. The molecule has 2 fully saturated rings. The Kier molecular flexibility index (Phi) is 4.31. The summed E-state index contributed by atoms with van der Waals surface area (Å²) >= 11 is 0. The van der Waals surface area contributed by atoms with Crippen molar-refractivity contribution in [2.24, 2.45) is 5.41 Å². The molecule has 0 aliphatic carbocycles. The van der Waals surface area contributed by atoms with Crippen LogP contribution in [-0.4, -0.2) is 55.6 Å². The highest BCUT2D eigenvalue weighted by Crippen LogP contribution is 2.30. The number of anilines is 1. The molecule has 6 nitrogen and oxygen atoms in total. The number of benzene rings is 1. The van der Waals surface area contributed by atoms with E-state index in [1.54, 1.807) is 12.1 Å². The Labute approximate surface area is 131 Å². The van der Waals surface area contributed by atoms with Crippen molar-refractivity contribution in [3.8, 4) is 0 Å². The molecule has 2 aliphatic heterocycles. The van der Waals surface area contributed by atoms with E-state index >= 15 is 0 Å². The van der Waals surface area contributed by atoms with Gasteiger partial charge in [0.25, 0.3) is 5.69 Å². The van der Waals surface area contributed by atoms with Crippen molar-refractivity contribution in [3.05, 3.63) is 34.4 Å². The lowest BCUT2D eigenvalue weighted by Gasteiger charge is -2.39. The standard InChI is InChI=1S/C16H24N4O2/c1-16(6-7-17-12-16)13-18-8-10-19(11-9-18)14-4-2-3-5-15(14)20(21)22/h2-5,17H,6-13H2,1H3. The van der Waals surface area contributed by atoms with Crippen molar-refractivity contribution in [2.45, 2.75) is 13.3 Å². The maximum Gasteiger partial charge on any atom is 0.292 e. The summed E-state index contributed by atoms with van der Waals surface area (Å²) in [5, 5.41) is 14.6. The SMILES string of the molecule is CC1(CN2CCN(c3ccccc3[N+](=O)[O-])CC2)CCNC1. The molecule has 1 N–H and O–H groups in total. The molecule has 3 rings (SSSR count). The normalized spacial score (nSPS) is 26.3. The summed E-state index contributed by atoms with van der Waals surface area (Å²) in [6, 6.07) is 7.05. The van der Waals surface area contributed by atoms with E-state index in [2.05, 4.69) is 22.0 Å². The first-order valence-corrected chi connectivity index (χ1v) is 7.99. The molecule has 0 saturated carbocycles. The van der Waals surface area contributed by atoms with Crippen molar-refractivity contribution in [3.63, 3.8) is 0 Å². The number of nitro groups is 1. The van der Waals surface area contributed by atoms with Crippen LogP contribution < -0.4 is 10.2 Å². The smallest absolute Gasteiger partial charge is 0.292 e. The quantitative estimate of drug-likeness (QED) is 0.678. The van der Waals surface area contributed by atoms with Crippen molar-refractivity contribution in [1.29, 1.82) is 0 Å². The van der Waals surface area contributed by atoms with Gasteiger partial charge in [0, 0.05) is 45.3 Å². The lowest BCUT2D eigenvalue weighted by Crippen LogP contribution is -2.50. The van der Waals surface area contributed by atoms with Gasteiger partial charge in [-0.05, 0) is 24.4 Å². The molecule has 2 saturated heterocycles. The lowest BCUT2D eigenvalue weighted by atomic mass is 9.89. The van der Waals surface area contributed by atoms with Crippen molar-refractivity contribution in [2.75, 3.05) is 50.7 Å². The van der Waals surface area contributed by atoms with Crippen molar-refractivity contribution < 1.29 is 4.92 Å². The zero-order chi connectivity index (χ0) is 15.6. The van der Waals surface area contributed by atoms with E-state index in [9.17, 15) is 10.1 Å². The molecule has 0 radical (unpaired) electrons. The van der Waals surface area contributed by atoms with E-state index in [0.29, 0.717) is 5.41 Å². The highest BCUT2D eigenvalue weighted by Gasteiger charge is 2.32. The summed E-state index contributed by atoms with van der Waals surface area (Å²) in [5.41, 5.74) is 1.34. The Morgan fingerprint density at radius 3 is 2.64 bits per heavy atom. The molecule has 0 spiro atoms. The summed E-state index contributed by atoms with van der Waals surface area (Å²) in [7, 11) is 0. The molecule has 2 heterocycles. The molecule has 22 heavy (non-hydrogen) atoms. The monoisotopic (exact) mass is 304 g/mol. The minimum atomic E-state index is -0.285. The highest BCUT2D eigenvalue weighted by molar-refractivity contribution is 5.63. The third kappa shape index (κ3) is 3.23. The molecule has 2 aliphatic rings. The van der Waals surface area contributed by atoms with Gasteiger partial charge in [-0.3, -0.25) is 15.0 Å². The van der Waals surface area contributed by atoms with Crippen LogP contribution >= 0.6 is 0 Å². The largest absolute Gasteiger partial charge is 0.363 e. The summed E-state index contributed by atoms with van der Waals surface area (Å²) in [6.07, 6.45) is 1.23. The molecular weight excluding hydrogens is 280 g/mol. The molecule has 120 valence electrons. The van der Waals surface area contributed by atoms with E-state index in [1.165, 1.54) is 6.42 Å². The Hall–Kier alpha value is -1.66. The van der Waals surface area contributed by atoms with E-state index in [1.807, 2.05) is 12.1 Å². The maximum atomic E-state index is 11.2. The fraction of sp³-hybridized carbons (Fsp3) is 0.625. The van der Waals surface area contributed by atoms with Gasteiger partial charge < -0.3 is 10.2 Å². The molecule has 0 amide bonds. The Bertz CT molecular complexity index is 535. The first-order valence-electron chi connectivity index (χ1n) is 7.99. The third-order valence-corrected chi connectivity index (χ3v) is 4.85. The Morgan fingerprint density at radius 1 is 1.27 bits per heavy atom. The van der Waals surface area contributed by atoms with Crippen LogP contribution in [0.3, 0.4) is 0 Å². The van der Waals surface area contributed by atoms with Gasteiger partial charge in [-0.25, -0.2) is 0 Å². The number of hydrogen-bond acceptors (Lipinski definition) is 5. The topological polar surface area (TPSA) is 61.7 Å². The van der Waals surface area contributed by atoms with Gasteiger partial charge in [0.1, 0.15) is 5.69 Å². The van der Waals surface area contributed by atoms with Crippen LogP contribution in [-0.2, 0) is 0 Å². The van der Waals surface area contributed by atoms with Gasteiger partial charge >= 0.3 is 0 Å². The lowest BCUT2D eigenvalue weighted by molar-refractivity contribution is -0.384. The number of piperazine rings is 1. The van der Waals surface area contributed by atoms with Gasteiger partial charge in [-0.2, -0.15) is 0 Å². The predicted octanol–water partition coefficient (Wildman–Crippen LogP) is 1.72. The first-order chi connectivity index (χ1) is 10.6. The summed E-state index contributed by atoms with van der Waals surface area (Å²) < 4.78 is 0. The molecule has 0 bridgehead atoms. The van der Waals surface area contributed by atoms with Gasteiger partial charge in [0.2, 0.25) is 0 Å². The molecule has 1 unspecified atom stereocenters. The van der Waals surface area contributed by atoms with Crippen LogP contribution in [0.2, 0.25) is 0 Å². The highest BCUT2D eigenvalue weighted by atomic mass is 16.6. The number of nitro benzene ring substituents is 1. The van der Waals surface area contributed by atoms with E-state index in [-0.39, 0.29) is 10.6 Å². The molecule has 1 atom stereocenters. The average molecular weight is 304 g/mol. The minimum absolute atomic E-state index is 0.211. The fourth-order valence-corrected chi connectivity index (χ4v) is 3.58. The van der Waals surface area contributed by atoms with Crippen LogP contribution in [0.4, 0.5) is 11.4 Å². The molecule has 1 aromatic rings. The van der Waals surface area contributed by atoms with Crippen molar-refractivity contribution >= 4 is 11.4 Å². The Balaban J connectivity index is 1.61. The molecule has 6 heteroatoms. The first kappa shape index (κ1) is 15.2. The van der Waals surface area contributed by atoms with Gasteiger partial charge in [0.05, 0.1) is 4.92 Å².